The summed E-state index contributed by atoms with van der Waals surface area (Å²) >= 11 is 6.09. The molecule has 1 N–H and O–H groups in total. The maximum absolute atomic E-state index is 6.09. The molecule has 1 rings (SSSR count). The first kappa shape index (κ1) is 16.3. The average molecular weight is 284 g/mol. The van der Waals surface area contributed by atoms with Gasteiger partial charge in [-0.1, -0.05) is 45.4 Å². The standard InChI is InChI=1S/C16H26ClNO/c1-6-9-18-14(11-16(2,3)4)12-7-8-13(17)15(10-12)19-5/h7-8,10,14,18H,6,9,11H2,1-5H3. The molecule has 1 atom stereocenters. The van der Waals surface area contributed by atoms with E-state index in [9.17, 15) is 0 Å². The molecular formula is C16H26ClNO. The Balaban J connectivity index is 2.95. The molecule has 0 heterocycles. The normalized spacial score (nSPS) is 13.4. The summed E-state index contributed by atoms with van der Waals surface area (Å²) in [5, 5.41) is 4.28. The molecule has 0 saturated carbocycles. The van der Waals surface area contributed by atoms with E-state index in [4.69, 9.17) is 16.3 Å². The molecule has 0 aliphatic rings. The van der Waals surface area contributed by atoms with Gasteiger partial charge < -0.3 is 10.1 Å². The van der Waals surface area contributed by atoms with E-state index in [1.807, 2.05) is 12.1 Å². The Morgan fingerprint density at radius 2 is 2.00 bits per heavy atom. The highest BCUT2D eigenvalue weighted by molar-refractivity contribution is 6.32. The third-order valence-corrected chi connectivity index (χ3v) is 3.35. The van der Waals surface area contributed by atoms with Crippen molar-refractivity contribution in [1.82, 2.24) is 5.32 Å². The fourth-order valence-corrected chi connectivity index (χ4v) is 2.33. The SMILES string of the molecule is CCCNC(CC(C)(C)C)c1ccc(Cl)c(OC)c1. The molecule has 0 bridgehead atoms. The van der Waals surface area contributed by atoms with E-state index in [-0.39, 0.29) is 5.41 Å². The van der Waals surface area contributed by atoms with E-state index in [1.165, 1.54) is 5.56 Å². The van der Waals surface area contributed by atoms with E-state index in [0.717, 1.165) is 25.1 Å². The summed E-state index contributed by atoms with van der Waals surface area (Å²) in [4.78, 5) is 0. The van der Waals surface area contributed by atoms with Crippen LogP contribution in [0.4, 0.5) is 0 Å². The average Bonchev–Trinajstić information content (AvgIpc) is 2.34. The van der Waals surface area contributed by atoms with Crippen molar-refractivity contribution < 1.29 is 4.74 Å². The van der Waals surface area contributed by atoms with E-state index < -0.39 is 0 Å². The molecule has 0 spiro atoms. The molecule has 0 amide bonds. The Labute approximate surface area is 122 Å². The fourth-order valence-electron chi connectivity index (χ4n) is 2.13. The van der Waals surface area contributed by atoms with Crippen molar-refractivity contribution in [2.24, 2.45) is 5.41 Å². The number of hydrogen-bond donors (Lipinski definition) is 1. The largest absolute Gasteiger partial charge is 0.495 e. The third kappa shape index (κ3) is 5.42. The topological polar surface area (TPSA) is 21.3 Å². The lowest BCUT2D eigenvalue weighted by atomic mass is 9.85. The first-order valence-electron chi connectivity index (χ1n) is 6.94. The fraction of sp³-hybridized carbons (Fsp3) is 0.625. The van der Waals surface area contributed by atoms with Crippen LogP contribution in [0.1, 0.15) is 52.1 Å². The van der Waals surface area contributed by atoms with E-state index in [2.05, 4.69) is 39.1 Å². The maximum atomic E-state index is 6.09. The van der Waals surface area contributed by atoms with Crippen LogP contribution in [-0.4, -0.2) is 13.7 Å². The Kier molecular flexibility index (Phi) is 6.15. The lowest BCUT2D eigenvalue weighted by molar-refractivity contribution is 0.311. The van der Waals surface area contributed by atoms with Crippen molar-refractivity contribution in [1.29, 1.82) is 0 Å². The van der Waals surface area contributed by atoms with Crippen LogP contribution in [0.5, 0.6) is 5.75 Å². The second kappa shape index (κ2) is 7.16. The van der Waals surface area contributed by atoms with Gasteiger partial charge in [-0.25, -0.2) is 0 Å². The van der Waals surface area contributed by atoms with Crippen LogP contribution in [0.2, 0.25) is 5.02 Å². The molecule has 1 aromatic rings. The smallest absolute Gasteiger partial charge is 0.137 e. The van der Waals surface area contributed by atoms with Gasteiger partial charge in [-0.2, -0.15) is 0 Å². The highest BCUT2D eigenvalue weighted by Crippen LogP contribution is 2.33. The maximum Gasteiger partial charge on any atom is 0.137 e. The Morgan fingerprint density at radius 1 is 1.32 bits per heavy atom. The predicted octanol–water partition coefficient (Wildman–Crippen LogP) is 4.83. The molecule has 0 aliphatic carbocycles. The summed E-state index contributed by atoms with van der Waals surface area (Å²) in [6.45, 7) is 10.00. The zero-order valence-corrected chi connectivity index (χ0v) is 13.5. The Morgan fingerprint density at radius 3 is 2.53 bits per heavy atom. The van der Waals surface area contributed by atoms with Gasteiger partial charge in [0.15, 0.2) is 0 Å². The van der Waals surface area contributed by atoms with Crippen LogP contribution >= 0.6 is 11.6 Å². The first-order chi connectivity index (χ1) is 8.87. The third-order valence-electron chi connectivity index (χ3n) is 3.03. The molecule has 1 aromatic carbocycles. The predicted molar refractivity (Wildman–Crippen MR) is 83.1 cm³/mol. The zero-order chi connectivity index (χ0) is 14.5. The number of rotatable bonds is 6. The molecule has 3 heteroatoms. The molecule has 0 radical (unpaired) electrons. The van der Waals surface area contributed by atoms with Gasteiger partial charge in [0.1, 0.15) is 5.75 Å². The number of hydrogen-bond acceptors (Lipinski definition) is 2. The van der Waals surface area contributed by atoms with Crippen molar-refractivity contribution in [2.45, 2.75) is 46.6 Å². The van der Waals surface area contributed by atoms with E-state index >= 15 is 0 Å². The summed E-state index contributed by atoms with van der Waals surface area (Å²) in [7, 11) is 1.66. The van der Waals surface area contributed by atoms with Crippen molar-refractivity contribution >= 4 is 11.6 Å². The second-order valence-electron chi connectivity index (χ2n) is 6.17. The minimum Gasteiger partial charge on any atom is -0.495 e. The number of methoxy groups -OCH3 is 1. The molecule has 19 heavy (non-hydrogen) atoms. The van der Waals surface area contributed by atoms with Crippen LogP contribution in [0.3, 0.4) is 0 Å². The van der Waals surface area contributed by atoms with Gasteiger partial charge in [-0.05, 0) is 42.5 Å². The quantitative estimate of drug-likeness (QED) is 0.808. The van der Waals surface area contributed by atoms with Crippen molar-refractivity contribution in [3.05, 3.63) is 28.8 Å². The van der Waals surface area contributed by atoms with Crippen LogP contribution in [0.15, 0.2) is 18.2 Å². The molecule has 0 aliphatic heterocycles. The van der Waals surface area contributed by atoms with Gasteiger partial charge in [-0.15, -0.1) is 0 Å². The number of ether oxygens (including phenoxy) is 1. The summed E-state index contributed by atoms with van der Waals surface area (Å²) in [5.74, 6) is 0.747. The highest BCUT2D eigenvalue weighted by atomic mass is 35.5. The van der Waals surface area contributed by atoms with Gasteiger partial charge in [0, 0.05) is 6.04 Å². The van der Waals surface area contributed by atoms with Crippen molar-refractivity contribution in [3.63, 3.8) is 0 Å². The van der Waals surface area contributed by atoms with Crippen LogP contribution < -0.4 is 10.1 Å². The minimum absolute atomic E-state index is 0.276. The van der Waals surface area contributed by atoms with Gasteiger partial charge >= 0.3 is 0 Å². The van der Waals surface area contributed by atoms with Gasteiger partial charge in [0.05, 0.1) is 12.1 Å². The molecular weight excluding hydrogens is 258 g/mol. The lowest BCUT2D eigenvalue weighted by Gasteiger charge is -2.27. The van der Waals surface area contributed by atoms with Crippen molar-refractivity contribution in [2.75, 3.05) is 13.7 Å². The van der Waals surface area contributed by atoms with E-state index in [0.29, 0.717) is 11.1 Å². The molecule has 0 fully saturated rings. The molecule has 0 saturated heterocycles. The molecule has 108 valence electrons. The Bertz CT molecular complexity index is 398. The van der Waals surface area contributed by atoms with Crippen LogP contribution in [0, 0.1) is 5.41 Å². The van der Waals surface area contributed by atoms with Gasteiger partial charge in [0.2, 0.25) is 0 Å². The summed E-state index contributed by atoms with van der Waals surface area (Å²) in [6, 6.07) is 6.38. The number of nitrogens with one attached hydrogen (secondary N) is 1. The monoisotopic (exact) mass is 283 g/mol. The summed E-state index contributed by atoms with van der Waals surface area (Å²) in [6.07, 6.45) is 2.21. The molecule has 0 aromatic heterocycles. The van der Waals surface area contributed by atoms with Crippen LogP contribution in [-0.2, 0) is 0 Å². The number of benzene rings is 1. The second-order valence-corrected chi connectivity index (χ2v) is 6.57. The lowest BCUT2D eigenvalue weighted by Crippen LogP contribution is -2.26. The first-order valence-corrected chi connectivity index (χ1v) is 7.32. The van der Waals surface area contributed by atoms with Gasteiger partial charge in [-0.3, -0.25) is 0 Å². The zero-order valence-electron chi connectivity index (χ0n) is 12.7. The van der Waals surface area contributed by atoms with Gasteiger partial charge in [0.25, 0.3) is 0 Å². The minimum atomic E-state index is 0.276. The van der Waals surface area contributed by atoms with Crippen LogP contribution in [0.25, 0.3) is 0 Å². The number of halogens is 1. The summed E-state index contributed by atoms with van der Waals surface area (Å²) in [5.41, 5.74) is 1.52. The highest BCUT2D eigenvalue weighted by Gasteiger charge is 2.20. The molecule has 1 unspecified atom stereocenters. The van der Waals surface area contributed by atoms with E-state index in [1.54, 1.807) is 7.11 Å². The van der Waals surface area contributed by atoms with Crippen molar-refractivity contribution in [3.8, 4) is 5.75 Å². The molecule has 2 nitrogen and oxygen atoms in total. The summed E-state index contributed by atoms with van der Waals surface area (Å²) < 4.78 is 5.31. The Hall–Kier alpha value is -0.730.